The zero-order valence-corrected chi connectivity index (χ0v) is 15.8. The number of amides is 1. The van der Waals surface area contributed by atoms with Crippen molar-refractivity contribution in [3.63, 3.8) is 0 Å². The van der Waals surface area contributed by atoms with E-state index in [4.69, 9.17) is 9.26 Å². The van der Waals surface area contributed by atoms with Gasteiger partial charge in [-0.3, -0.25) is 9.78 Å². The molecule has 29 heavy (non-hydrogen) atoms. The predicted molar refractivity (Wildman–Crippen MR) is 102 cm³/mol. The monoisotopic (exact) mass is 396 g/mol. The van der Waals surface area contributed by atoms with Gasteiger partial charge in [-0.1, -0.05) is 5.16 Å². The number of carbonyl (C=O) groups excluding carboxylic acids is 1. The van der Waals surface area contributed by atoms with Gasteiger partial charge in [0, 0.05) is 56.7 Å². The van der Waals surface area contributed by atoms with Crippen LogP contribution in [-0.2, 0) is 11.2 Å². The maximum Gasteiger partial charge on any atom is 0.227 e. The largest absolute Gasteiger partial charge is 0.490 e. The van der Waals surface area contributed by atoms with Gasteiger partial charge < -0.3 is 14.2 Å². The summed E-state index contributed by atoms with van der Waals surface area (Å²) in [5.41, 5.74) is 0.824. The molecule has 1 amide bonds. The van der Waals surface area contributed by atoms with Crippen molar-refractivity contribution in [3.05, 3.63) is 60.5 Å². The van der Waals surface area contributed by atoms with Crippen LogP contribution in [0.15, 0.2) is 53.3 Å². The number of pyridine rings is 1. The van der Waals surface area contributed by atoms with Crippen LogP contribution in [0, 0.1) is 5.82 Å². The highest BCUT2D eigenvalue weighted by atomic mass is 19.1. The van der Waals surface area contributed by atoms with Crippen molar-refractivity contribution in [3.8, 4) is 17.1 Å². The summed E-state index contributed by atoms with van der Waals surface area (Å²) in [6.07, 6.45) is 5.58. The number of piperidine rings is 1. The molecule has 1 aliphatic rings. The maximum absolute atomic E-state index is 13.0. The third kappa shape index (κ3) is 4.96. The topological polar surface area (TPSA) is 81.3 Å². The number of ether oxygens (including phenoxy) is 1. The average Bonchev–Trinajstić information content (AvgIpc) is 3.24. The fourth-order valence-corrected chi connectivity index (χ4v) is 3.28. The standard InChI is InChI=1S/C21H21FN4O3/c22-16-1-3-17(4-2-16)28-18-9-13-26(14-10-18)20(27)6-5-19-24-21(25-29-19)15-7-11-23-12-8-15/h1-4,7-8,11-12,18H,5-6,9-10,13-14H2. The van der Waals surface area contributed by atoms with Crippen LogP contribution in [0.1, 0.15) is 25.2 Å². The van der Waals surface area contributed by atoms with Crippen LogP contribution >= 0.6 is 0 Å². The Labute approximate surface area is 167 Å². The van der Waals surface area contributed by atoms with Crippen LogP contribution in [0.3, 0.4) is 0 Å². The van der Waals surface area contributed by atoms with Gasteiger partial charge in [-0.05, 0) is 36.4 Å². The van der Waals surface area contributed by atoms with E-state index in [2.05, 4.69) is 15.1 Å². The molecule has 4 rings (SSSR count). The van der Waals surface area contributed by atoms with E-state index >= 15 is 0 Å². The van der Waals surface area contributed by atoms with Crippen molar-refractivity contribution < 1.29 is 18.4 Å². The first-order valence-corrected chi connectivity index (χ1v) is 9.60. The first-order chi connectivity index (χ1) is 14.2. The SMILES string of the molecule is O=C(CCc1nc(-c2ccncc2)no1)N1CCC(Oc2ccc(F)cc2)CC1. The van der Waals surface area contributed by atoms with E-state index in [0.29, 0.717) is 43.4 Å². The molecule has 1 saturated heterocycles. The smallest absolute Gasteiger partial charge is 0.227 e. The normalized spacial score (nSPS) is 14.7. The summed E-state index contributed by atoms with van der Waals surface area (Å²) < 4.78 is 24.1. The fraction of sp³-hybridized carbons (Fsp3) is 0.333. The highest BCUT2D eigenvalue weighted by Gasteiger charge is 2.24. The fourth-order valence-electron chi connectivity index (χ4n) is 3.28. The number of halogens is 1. The molecule has 7 nitrogen and oxygen atoms in total. The first kappa shape index (κ1) is 19.0. The van der Waals surface area contributed by atoms with Crippen molar-refractivity contribution in [2.45, 2.75) is 31.8 Å². The minimum atomic E-state index is -0.285. The van der Waals surface area contributed by atoms with Gasteiger partial charge in [0.2, 0.25) is 17.6 Å². The Morgan fingerprint density at radius 2 is 1.86 bits per heavy atom. The van der Waals surface area contributed by atoms with Gasteiger partial charge in [-0.15, -0.1) is 0 Å². The summed E-state index contributed by atoms with van der Waals surface area (Å²) in [5, 5.41) is 3.95. The number of rotatable bonds is 6. The Hall–Kier alpha value is -3.29. The molecule has 0 unspecified atom stereocenters. The van der Waals surface area contributed by atoms with Gasteiger partial charge in [0.15, 0.2) is 0 Å². The summed E-state index contributed by atoms with van der Waals surface area (Å²) in [6, 6.07) is 9.61. The Morgan fingerprint density at radius 1 is 1.14 bits per heavy atom. The van der Waals surface area contributed by atoms with Gasteiger partial charge in [-0.25, -0.2) is 4.39 Å². The zero-order valence-electron chi connectivity index (χ0n) is 15.8. The number of hydrogen-bond acceptors (Lipinski definition) is 6. The van der Waals surface area contributed by atoms with Gasteiger partial charge >= 0.3 is 0 Å². The summed E-state index contributed by atoms with van der Waals surface area (Å²) in [4.78, 5) is 22.6. The average molecular weight is 396 g/mol. The zero-order chi connectivity index (χ0) is 20.1. The molecule has 1 aromatic carbocycles. The second kappa shape index (κ2) is 8.81. The maximum atomic E-state index is 13.0. The van der Waals surface area contributed by atoms with Gasteiger partial charge in [-0.2, -0.15) is 4.98 Å². The second-order valence-electron chi connectivity index (χ2n) is 6.90. The summed E-state index contributed by atoms with van der Waals surface area (Å²) in [5.74, 6) is 1.37. The van der Waals surface area contributed by atoms with Crippen LogP contribution in [0.2, 0.25) is 0 Å². The highest BCUT2D eigenvalue weighted by Crippen LogP contribution is 2.20. The molecule has 3 heterocycles. The highest BCUT2D eigenvalue weighted by molar-refractivity contribution is 5.76. The van der Waals surface area contributed by atoms with Crippen molar-refractivity contribution in [2.75, 3.05) is 13.1 Å². The number of nitrogens with zero attached hydrogens (tertiary/aromatic N) is 4. The molecule has 150 valence electrons. The Morgan fingerprint density at radius 3 is 2.59 bits per heavy atom. The molecule has 0 bridgehead atoms. The van der Waals surface area contributed by atoms with Crippen LogP contribution in [0.25, 0.3) is 11.4 Å². The minimum Gasteiger partial charge on any atom is -0.490 e. The minimum absolute atomic E-state index is 0.0309. The van der Waals surface area contributed by atoms with E-state index < -0.39 is 0 Å². The van der Waals surface area contributed by atoms with Crippen molar-refractivity contribution in [1.82, 2.24) is 20.0 Å². The lowest BCUT2D eigenvalue weighted by molar-refractivity contribution is -0.133. The molecule has 8 heteroatoms. The summed E-state index contributed by atoms with van der Waals surface area (Å²) in [7, 11) is 0. The molecule has 1 fully saturated rings. The Bertz CT molecular complexity index is 938. The van der Waals surface area contributed by atoms with Crippen LogP contribution < -0.4 is 4.74 Å². The lowest BCUT2D eigenvalue weighted by atomic mass is 10.1. The van der Waals surface area contributed by atoms with Gasteiger partial charge in [0.1, 0.15) is 17.7 Å². The Kier molecular flexibility index (Phi) is 5.79. The number of aromatic nitrogens is 3. The van der Waals surface area contributed by atoms with Gasteiger partial charge in [0.25, 0.3) is 0 Å². The van der Waals surface area contributed by atoms with E-state index in [0.717, 1.165) is 18.4 Å². The molecular formula is C21H21FN4O3. The summed E-state index contributed by atoms with van der Waals surface area (Å²) >= 11 is 0. The third-order valence-electron chi connectivity index (χ3n) is 4.87. The molecule has 2 aromatic heterocycles. The predicted octanol–water partition coefficient (Wildman–Crippen LogP) is 3.27. The first-order valence-electron chi connectivity index (χ1n) is 9.60. The van der Waals surface area contributed by atoms with E-state index in [1.807, 2.05) is 4.90 Å². The van der Waals surface area contributed by atoms with Crippen molar-refractivity contribution >= 4 is 5.91 Å². The molecule has 0 saturated carbocycles. The number of carbonyl (C=O) groups is 1. The van der Waals surface area contributed by atoms with E-state index in [1.165, 1.54) is 12.1 Å². The van der Waals surface area contributed by atoms with Crippen LogP contribution in [0.4, 0.5) is 4.39 Å². The molecule has 0 atom stereocenters. The molecule has 1 aliphatic heterocycles. The number of benzene rings is 1. The van der Waals surface area contributed by atoms with Crippen molar-refractivity contribution in [1.29, 1.82) is 0 Å². The quantitative estimate of drug-likeness (QED) is 0.636. The molecule has 0 radical (unpaired) electrons. The summed E-state index contributed by atoms with van der Waals surface area (Å²) in [6.45, 7) is 1.27. The lowest BCUT2D eigenvalue weighted by Crippen LogP contribution is -2.41. The molecular weight excluding hydrogens is 375 g/mol. The lowest BCUT2D eigenvalue weighted by Gasteiger charge is -2.32. The van der Waals surface area contributed by atoms with E-state index in [-0.39, 0.29) is 17.8 Å². The van der Waals surface area contributed by atoms with Gasteiger partial charge in [0.05, 0.1) is 0 Å². The third-order valence-corrected chi connectivity index (χ3v) is 4.87. The number of likely N-dealkylation sites (tertiary alicyclic amines) is 1. The number of aryl methyl sites for hydroxylation is 1. The van der Waals surface area contributed by atoms with Crippen molar-refractivity contribution in [2.24, 2.45) is 0 Å². The second-order valence-corrected chi connectivity index (χ2v) is 6.90. The van der Waals surface area contributed by atoms with E-state index in [9.17, 15) is 9.18 Å². The van der Waals surface area contributed by atoms with Crippen LogP contribution in [-0.4, -0.2) is 45.1 Å². The molecule has 3 aromatic rings. The van der Waals surface area contributed by atoms with E-state index in [1.54, 1.807) is 36.7 Å². The molecule has 0 aliphatic carbocycles. The molecule has 0 N–H and O–H groups in total. The van der Waals surface area contributed by atoms with Crippen LogP contribution in [0.5, 0.6) is 5.75 Å². The molecule has 0 spiro atoms. The Balaban J connectivity index is 1.23. The number of hydrogen-bond donors (Lipinski definition) is 0.